The molecule has 62 valence electrons. The van der Waals surface area contributed by atoms with Crippen molar-refractivity contribution in [2.45, 2.75) is 26.2 Å². The lowest BCUT2D eigenvalue weighted by Crippen LogP contribution is -2.09. The van der Waals surface area contributed by atoms with Gasteiger partial charge in [-0.1, -0.05) is 12.2 Å². The topological polar surface area (TPSA) is 26.3 Å². The van der Waals surface area contributed by atoms with Crippen molar-refractivity contribution < 1.29 is 9.53 Å². The third kappa shape index (κ3) is 2.37. The van der Waals surface area contributed by atoms with Crippen LogP contribution in [0.1, 0.15) is 26.2 Å². The van der Waals surface area contributed by atoms with Crippen LogP contribution in [0.2, 0.25) is 0 Å². The van der Waals surface area contributed by atoms with Gasteiger partial charge in [0.25, 0.3) is 0 Å². The average Bonchev–Trinajstić information content (AvgIpc) is 2.31. The van der Waals surface area contributed by atoms with Crippen LogP contribution < -0.4 is 0 Å². The number of hydrogen-bond donors (Lipinski definition) is 0. The normalized spacial score (nSPS) is 23.7. The first-order chi connectivity index (χ1) is 5.20. The SMILES string of the molecule is C=C1CCC[C@@H]1COC(C)=O. The minimum Gasteiger partial charge on any atom is -0.465 e. The number of esters is 1. The van der Waals surface area contributed by atoms with E-state index in [0.29, 0.717) is 12.5 Å². The van der Waals surface area contributed by atoms with Crippen molar-refractivity contribution in [2.24, 2.45) is 5.92 Å². The lowest BCUT2D eigenvalue weighted by Gasteiger charge is -2.09. The molecule has 0 saturated heterocycles. The van der Waals surface area contributed by atoms with E-state index in [4.69, 9.17) is 4.74 Å². The van der Waals surface area contributed by atoms with E-state index in [1.165, 1.54) is 18.9 Å². The maximum atomic E-state index is 10.5. The number of carbonyl (C=O) groups is 1. The molecule has 0 spiro atoms. The summed E-state index contributed by atoms with van der Waals surface area (Å²) in [5.41, 5.74) is 1.24. The molecule has 1 aliphatic carbocycles. The van der Waals surface area contributed by atoms with Gasteiger partial charge in [-0.05, 0) is 19.3 Å². The molecular weight excluding hydrogens is 140 g/mol. The lowest BCUT2D eigenvalue weighted by molar-refractivity contribution is -0.141. The third-order valence-electron chi connectivity index (χ3n) is 2.12. The van der Waals surface area contributed by atoms with E-state index in [9.17, 15) is 4.79 Å². The Balaban J connectivity index is 2.26. The molecule has 11 heavy (non-hydrogen) atoms. The van der Waals surface area contributed by atoms with Gasteiger partial charge in [-0.15, -0.1) is 0 Å². The molecule has 1 saturated carbocycles. The van der Waals surface area contributed by atoms with Crippen LogP contribution in [0.5, 0.6) is 0 Å². The molecule has 2 nitrogen and oxygen atoms in total. The van der Waals surface area contributed by atoms with Gasteiger partial charge in [-0.3, -0.25) is 4.79 Å². The molecule has 1 fully saturated rings. The minimum absolute atomic E-state index is 0.190. The molecule has 1 rings (SSSR count). The van der Waals surface area contributed by atoms with Gasteiger partial charge in [0.1, 0.15) is 0 Å². The fourth-order valence-electron chi connectivity index (χ4n) is 1.40. The van der Waals surface area contributed by atoms with Crippen LogP contribution in [-0.2, 0) is 9.53 Å². The van der Waals surface area contributed by atoms with Crippen LogP contribution in [0.25, 0.3) is 0 Å². The van der Waals surface area contributed by atoms with Crippen LogP contribution in [0.4, 0.5) is 0 Å². The predicted octanol–water partition coefficient (Wildman–Crippen LogP) is 1.91. The highest BCUT2D eigenvalue weighted by molar-refractivity contribution is 5.65. The Kier molecular flexibility index (Phi) is 2.69. The highest BCUT2D eigenvalue weighted by Gasteiger charge is 2.19. The van der Waals surface area contributed by atoms with Crippen LogP contribution in [0.3, 0.4) is 0 Å². The minimum atomic E-state index is -0.190. The van der Waals surface area contributed by atoms with E-state index in [1.54, 1.807) is 0 Å². The highest BCUT2D eigenvalue weighted by atomic mass is 16.5. The standard InChI is InChI=1S/C9H14O2/c1-7-4-3-5-9(7)6-11-8(2)10/h9H,1,3-6H2,2H3/t9-/m1/s1. The average molecular weight is 154 g/mol. The van der Waals surface area contributed by atoms with E-state index >= 15 is 0 Å². The van der Waals surface area contributed by atoms with E-state index < -0.39 is 0 Å². The second kappa shape index (κ2) is 3.56. The summed E-state index contributed by atoms with van der Waals surface area (Å²) in [6.45, 7) is 5.90. The van der Waals surface area contributed by atoms with Gasteiger partial charge in [0.15, 0.2) is 0 Å². The molecule has 0 unspecified atom stereocenters. The molecular formula is C9H14O2. The van der Waals surface area contributed by atoms with Crippen molar-refractivity contribution in [1.82, 2.24) is 0 Å². The summed E-state index contributed by atoms with van der Waals surface area (Å²) in [7, 11) is 0. The Morgan fingerprint density at radius 1 is 1.82 bits per heavy atom. The number of rotatable bonds is 2. The number of carbonyl (C=O) groups excluding carboxylic acids is 1. The summed E-state index contributed by atoms with van der Waals surface area (Å²) in [5.74, 6) is 0.239. The van der Waals surface area contributed by atoms with E-state index in [0.717, 1.165) is 12.8 Å². The number of hydrogen-bond acceptors (Lipinski definition) is 2. The van der Waals surface area contributed by atoms with E-state index in [-0.39, 0.29) is 5.97 Å². The first-order valence-electron chi connectivity index (χ1n) is 4.01. The molecule has 0 aliphatic heterocycles. The fraction of sp³-hybridized carbons (Fsp3) is 0.667. The van der Waals surface area contributed by atoms with Crippen LogP contribution in [0, 0.1) is 5.92 Å². The zero-order valence-corrected chi connectivity index (χ0v) is 6.93. The van der Waals surface area contributed by atoms with Gasteiger partial charge in [0, 0.05) is 12.8 Å². The van der Waals surface area contributed by atoms with Crippen LogP contribution in [-0.4, -0.2) is 12.6 Å². The Morgan fingerprint density at radius 3 is 3.00 bits per heavy atom. The molecule has 0 heterocycles. The summed E-state index contributed by atoms with van der Waals surface area (Å²) >= 11 is 0. The van der Waals surface area contributed by atoms with Crippen LogP contribution in [0.15, 0.2) is 12.2 Å². The smallest absolute Gasteiger partial charge is 0.302 e. The maximum Gasteiger partial charge on any atom is 0.302 e. The molecule has 0 aromatic heterocycles. The summed E-state index contributed by atoms with van der Waals surface area (Å²) in [6.07, 6.45) is 3.43. The lowest BCUT2D eigenvalue weighted by atomic mass is 10.1. The monoisotopic (exact) mass is 154 g/mol. The largest absolute Gasteiger partial charge is 0.465 e. The van der Waals surface area contributed by atoms with Crippen molar-refractivity contribution in [3.8, 4) is 0 Å². The van der Waals surface area contributed by atoms with Crippen molar-refractivity contribution in [1.29, 1.82) is 0 Å². The van der Waals surface area contributed by atoms with Gasteiger partial charge >= 0.3 is 5.97 Å². The Labute approximate surface area is 67.2 Å². The van der Waals surface area contributed by atoms with Gasteiger partial charge < -0.3 is 4.74 Å². The Bertz CT molecular complexity index is 172. The highest BCUT2D eigenvalue weighted by Crippen LogP contribution is 2.29. The Hall–Kier alpha value is -0.790. The van der Waals surface area contributed by atoms with Gasteiger partial charge in [0.2, 0.25) is 0 Å². The van der Waals surface area contributed by atoms with Gasteiger partial charge in [0.05, 0.1) is 6.61 Å². The van der Waals surface area contributed by atoms with Crippen molar-refractivity contribution in [2.75, 3.05) is 6.61 Å². The summed E-state index contributed by atoms with van der Waals surface area (Å²) in [6, 6.07) is 0. The molecule has 0 amide bonds. The molecule has 0 aromatic rings. The van der Waals surface area contributed by atoms with Crippen molar-refractivity contribution in [3.63, 3.8) is 0 Å². The summed E-state index contributed by atoms with van der Waals surface area (Å²) < 4.78 is 4.90. The molecule has 0 bridgehead atoms. The van der Waals surface area contributed by atoms with E-state index in [1.807, 2.05) is 0 Å². The first-order valence-corrected chi connectivity index (χ1v) is 4.01. The quantitative estimate of drug-likeness (QED) is 0.448. The fourth-order valence-corrected chi connectivity index (χ4v) is 1.40. The second-order valence-corrected chi connectivity index (χ2v) is 3.05. The van der Waals surface area contributed by atoms with Crippen LogP contribution >= 0.6 is 0 Å². The molecule has 1 aliphatic rings. The number of ether oxygens (including phenoxy) is 1. The first kappa shape index (κ1) is 8.31. The van der Waals surface area contributed by atoms with Crippen molar-refractivity contribution in [3.05, 3.63) is 12.2 Å². The maximum absolute atomic E-state index is 10.5. The molecule has 1 atom stereocenters. The summed E-state index contributed by atoms with van der Waals surface area (Å²) in [4.78, 5) is 10.5. The van der Waals surface area contributed by atoms with E-state index in [2.05, 4.69) is 6.58 Å². The molecule has 0 radical (unpaired) electrons. The van der Waals surface area contributed by atoms with Crippen molar-refractivity contribution >= 4 is 5.97 Å². The summed E-state index contributed by atoms with van der Waals surface area (Å²) in [5, 5.41) is 0. The molecule has 0 aromatic carbocycles. The molecule has 2 heteroatoms. The predicted molar refractivity (Wildman–Crippen MR) is 43.1 cm³/mol. The second-order valence-electron chi connectivity index (χ2n) is 3.05. The zero-order chi connectivity index (χ0) is 8.27. The van der Waals surface area contributed by atoms with Gasteiger partial charge in [-0.25, -0.2) is 0 Å². The third-order valence-corrected chi connectivity index (χ3v) is 2.12. The molecule has 0 N–H and O–H groups in total. The van der Waals surface area contributed by atoms with Gasteiger partial charge in [-0.2, -0.15) is 0 Å². The zero-order valence-electron chi connectivity index (χ0n) is 6.93. The Morgan fingerprint density at radius 2 is 2.55 bits per heavy atom.